The van der Waals surface area contributed by atoms with E-state index in [9.17, 15) is 9.59 Å². The zero-order valence-electron chi connectivity index (χ0n) is 12.2. The number of aliphatic carboxylic acids is 1. The number of methoxy groups -OCH3 is 1. The van der Waals surface area contributed by atoms with Gasteiger partial charge in [0.15, 0.2) is 0 Å². The van der Waals surface area contributed by atoms with Crippen LogP contribution >= 0.6 is 15.9 Å². The van der Waals surface area contributed by atoms with E-state index in [-0.39, 0.29) is 18.9 Å². The standard InChI is InChI=1S/C15H20BrNO4/c1-15(10-21-2,9-14(19)20)17-13(18)8-5-11-3-6-12(16)7-4-11/h3-4,6-7H,5,8-10H2,1-2H3,(H,17,18)(H,19,20). The van der Waals surface area contributed by atoms with Crippen LogP contribution in [0.2, 0.25) is 0 Å². The minimum absolute atomic E-state index is 0.156. The van der Waals surface area contributed by atoms with Gasteiger partial charge in [0, 0.05) is 18.0 Å². The van der Waals surface area contributed by atoms with E-state index in [1.165, 1.54) is 7.11 Å². The number of nitrogens with one attached hydrogen (secondary N) is 1. The quantitative estimate of drug-likeness (QED) is 0.748. The lowest BCUT2D eigenvalue weighted by Crippen LogP contribution is -2.50. The number of amides is 1. The monoisotopic (exact) mass is 357 g/mol. The van der Waals surface area contributed by atoms with Gasteiger partial charge in [0.05, 0.1) is 18.6 Å². The van der Waals surface area contributed by atoms with Gasteiger partial charge in [-0.1, -0.05) is 28.1 Å². The molecule has 0 aliphatic rings. The van der Waals surface area contributed by atoms with E-state index in [4.69, 9.17) is 9.84 Å². The number of halogens is 1. The van der Waals surface area contributed by atoms with Gasteiger partial charge in [-0.05, 0) is 31.0 Å². The number of rotatable bonds is 8. The second-order valence-electron chi connectivity index (χ2n) is 5.24. The SMILES string of the molecule is COCC(C)(CC(=O)O)NC(=O)CCc1ccc(Br)cc1. The van der Waals surface area contributed by atoms with Gasteiger partial charge >= 0.3 is 5.97 Å². The van der Waals surface area contributed by atoms with Crippen molar-refractivity contribution in [2.45, 2.75) is 31.7 Å². The number of carboxylic acids is 1. The highest BCUT2D eigenvalue weighted by atomic mass is 79.9. The molecule has 0 radical (unpaired) electrons. The first-order valence-corrected chi connectivity index (χ1v) is 7.40. The maximum Gasteiger partial charge on any atom is 0.305 e. The highest BCUT2D eigenvalue weighted by molar-refractivity contribution is 9.10. The molecule has 1 amide bonds. The molecule has 1 aromatic rings. The summed E-state index contributed by atoms with van der Waals surface area (Å²) in [5.74, 6) is -1.15. The molecular weight excluding hydrogens is 338 g/mol. The molecule has 21 heavy (non-hydrogen) atoms. The van der Waals surface area contributed by atoms with E-state index in [1.54, 1.807) is 6.92 Å². The Kier molecular flexibility index (Phi) is 6.84. The van der Waals surface area contributed by atoms with E-state index in [2.05, 4.69) is 21.2 Å². The molecule has 0 bridgehead atoms. The van der Waals surface area contributed by atoms with Crippen LogP contribution in [-0.2, 0) is 20.7 Å². The molecule has 116 valence electrons. The molecule has 2 N–H and O–H groups in total. The Morgan fingerprint density at radius 1 is 1.33 bits per heavy atom. The number of carboxylic acid groups (broad SMARTS) is 1. The van der Waals surface area contributed by atoms with Gasteiger partial charge in [-0.25, -0.2) is 0 Å². The maximum absolute atomic E-state index is 12.0. The highest BCUT2D eigenvalue weighted by Crippen LogP contribution is 2.13. The Balaban J connectivity index is 2.53. The molecule has 0 aliphatic carbocycles. The second-order valence-corrected chi connectivity index (χ2v) is 6.15. The van der Waals surface area contributed by atoms with Crippen LogP contribution < -0.4 is 5.32 Å². The van der Waals surface area contributed by atoms with E-state index in [1.807, 2.05) is 24.3 Å². The zero-order valence-corrected chi connectivity index (χ0v) is 13.8. The molecule has 1 rings (SSSR count). The summed E-state index contributed by atoms with van der Waals surface area (Å²) in [4.78, 5) is 22.9. The molecular formula is C15H20BrNO4. The molecule has 6 heteroatoms. The molecule has 0 fully saturated rings. The number of carbonyl (C=O) groups excluding carboxylic acids is 1. The van der Waals surface area contributed by atoms with Gasteiger partial charge in [-0.3, -0.25) is 9.59 Å². The Labute approximate surface area is 132 Å². The first-order chi connectivity index (χ1) is 9.84. The summed E-state index contributed by atoms with van der Waals surface area (Å²) in [5, 5.41) is 11.7. The molecule has 1 atom stereocenters. The van der Waals surface area contributed by atoms with Crippen LogP contribution in [0.1, 0.15) is 25.3 Å². The summed E-state index contributed by atoms with van der Waals surface area (Å²) < 4.78 is 5.99. The first-order valence-electron chi connectivity index (χ1n) is 6.61. The van der Waals surface area contributed by atoms with Crippen molar-refractivity contribution in [3.8, 4) is 0 Å². The topological polar surface area (TPSA) is 75.6 Å². The number of benzene rings is 1. The molecule has 5 nitrogen and oxygen atoms in total. The lowest BCUT2D eigenvalue weighted by Gasteiger charge is -2.28. The van der Waals surface area contributed by atoms with Gasteiger partial charge in [0.25, 0.3) is 0 Å². The largest absolute Gasteiger partial charge is 0.481 e. The number of carbonyl (C=O) groups is 2. The third-order valence-corrected chi connectivity index (χ3v) is 3.53. The molecule has 1 aromatic carbocycles. The van der Waals surface area contributed by atoms with Gasteiger partial charge < -0.3 is 15.2 Å². The summed E-state index contributed by atoms with van der Waals surface area (Å²) >= 11 is 3.36. The summed E-state index contributed by atoms with van der Waals surface area (Å²) in [5.41, 5.74) is 0.164. The van der Waals surface area contributed by atoms with Crippen molar-refractivity contribution in [2.75, 3.05) is 13.7 Å². The Hall–Kier alpha value is -1.40. The van der Waals surface area contributed by atoms with Crippen LogP contribution in [0.15, 0.2) is 28.7 Å². The fourth-order valence-electron chi connectivity index (χ4n) is 2.09. The van der Waals surface area contributed by atoms with Crippen molar-refractivity contribution >= 4 is 27.8 Å². The van der Waals surface area contributed by atoms with E-state index >= 15 is 0 Å². The number of hydrogen-bond donors (Lipinski definition) is 2. The van der Waals surface area contributed by atoms with Crippen molar-refractivity contribution in [3.05, 3.63) is 34.3 Å². The number of ether oxygens (including phenoxy) is 1. The summed E-state index contributed by atoms with van der Waals surface area (Å²) in [6.45, 7) is 1.82. The number of aryl methyl sites for hydroxylation is 1. The Bertz CT molecular complexity index is 489. The Morgan fingerprint density at radius 2 is 1.95 bits per heavy atom. The fraction of sp³-hybridized carbons (Fsp3) is 0.467. The third-order valence-electron chi connectivity index (χ3n) is 3.00. The third kappa shape index (κ3) is 6.73. The van der Waals surface area contributed by atoms with Gasteiger partial charge in [-0.2, -0.15) is 0 Å². The first kappa shape index (κ1) is 17.7. The van der Waals surface area contributed by atoms with Crippen molar-refractivity contribution in [1.29, 1.82) is 0 Å². The van der Waals surface area contributed by atoms with Crippen molar-refractivity contribution in [1.82, 2.24) is 5.32 Å². The highest BCUT2D eigenvalue weighted by Gasteiger charge is 2.29. The average molecular weight is 358 g/mol. The predicted octanol–water partition coefficient (Wildman–Crippen LogP) is 2.38. The molecule has 0 heterocycles. The lowest BCUT2D eigenvalue weighted by atomic mass is 9.98. The average Bonchev–Trinajstić information content (AvgIpc) is 2.37. The maximum atomic E-state index is 12.0. The van der Waals surface area contributed by atoms with Crippen molar-refractivity contribution in [3.63, 3.8) is 0 Å². The van der Waals surface area contributed by atoms with Crippen LogP contribution in [0.3, 0.4) is 0 Å². The van der Waals surface area contributed by atoms with Crippen LogP contribution in [0.4, 0.5) is 0 Å². The minimum atomic E-state index is -0.970. The van der Waals surface area contributed by atoms with Crippen molar-refractivity contribution < 1.29 is 19.4 Å². The van der Waals surface area contributed by atoms with Crippen LogP contribution in [0, 0.1) is 0 Å². The van der Waals surface area contributed by atoms with Gasteiger partial charge in [0.2, 0.25) is 5.91 Å². The Morgan fingerprint density at radius 3 is 2.48 bits per heavy atom. The normalized spacial score (nSPS) is 13.5. The van der Waals surface area contributed by atoms with Crippen LogP contribution in [0.5, 0.6) is 0 Å². The predicted molar refractivity (Wildman–Crippen MR) is 83.1 cm³/mol. The summed E-state index contributed by atoms with van der Waals surface area (Å²) in [6, 6.07) is 7.74. The van der Waals surface area contributed by atoms with Gasteiger partial charge in [0.1, 0.15) is 0 Å². The minimum Gasteiger partial charge on any atom is -0.481 e. The molecule has 0 spiro atoms. The molecule has 0 aromatic heterocycles. The number of hydrogen-bond acceptors (Lipinski definition) is 3. The van der Waals surface area contributed by atoms with Crippen LogP contribution in [0.25, 0.3) is 0 Å². The molecule has 0 saturated heterocycles. The van der Waals surface area contributed by atoms with Crippen LogP contribution in [-0.4, -0.2) is 36.2 Å². The second kappa shape index (κ2) is 8.14. The van der Waals surface area contributed by atoms with Gasteiger partial charge in [-0.15, -0.1) is 0 Å². The fourth-order valence-corrected chi connectivity index (χ4v) is 2.36. The summed E-state index contributed by atoms with van der Waals surface area (Å²) in [6.07, 6.45) is 0.737. The molecule has 0 aliphatic heterocycles. The van der Waals surface area contributed by atoms with Crippen molar-refractivity contribution in [2.24, 2.45) is 0 Å². The summed E-state index contributed by atoms with van der Waals surface area (Å²) in [7, 11) is 1.48. The molecule has 0 saturated carbocycles. The molecule has 1 unspecified atom stereocenters. The lowest BCUT2D eigenvalue weighted by molar-refractivity contribution is -0.139. The zero-order chi connectivity index (χ0) is 15.9. The van der Waals surface area contributed by atoms with E-state index < -0.39 is 11.5 Å². The van der Waals surface area contributed by atoms with E-state index in [0.717, 1.165) is 10.0 Å². The smallest absolute Gasteiger partial charge is 0.305 e. The van der Waals surface area contributed by atoms with E-state index in [0.29, 0.717) is 12.8 Å².